The molecule has 0 saturated carbocycles. The Balaban J connectivity index is 1.98. The first kappa shape index (κ1) is 31.8. The molecule has 1 aliphatic heterocycles. The summed E-state index contributed by atoms with van der Waals surface area (Å²) in [5.74, 6) is 0. The summed E-state index contributed by atoms with van der Waals surface area (Å²) in [6.07, 6.45) is 17.0. The van der Waals surface area contributed by atoms with E-state index in [1.807, 2.05) is 0 Å². The average Bonchev–Trinajstić information content (AvgIpc) is 2.81. The van der Waals surface area contributed by atoms with Crippen LogP contribution >= 0.6 is 0 Å². The molecule has 1 rings (SSSR count). The molecule has 0 aromatic heterocycles. The second-order valence-electron chi connectivity index (χ2n) is 11.3. The van der Waals surface area contributed by atoms with E-state index in [1.165, 1.54) is 96.4 Å². The van der Waals surface area contributed by atoms with Crippen LogP contribution in [0.2, 0.25) is 0 Å². The summed E-state index contributed by atoms with van der Waals surface area (Å²) in [5, 5.41) is 39.3. The molecule has 6 nitrogen and oxygen atoms in total. The highest BCUT2D eigenvalue weighted by Crippen LogP contribution is 2.24. The van der Waals surface area contributed by atoms with Crippen molar-refractivity contribution in [3.63, 3.8) is 0 Å². The van der Waals surface area contributed by atoms with Crippen LogP contribution < -0.4 is 0 Å². The van der Waals surface area contributed by atoms with Gasteiger partial charge in [0.05, 0.1) is 39.9 Å². The van der Waals surface area contributed by atoms with Gasteiger partial charge in [-0.05, 0) is 32.1 Å². The zero-order valence-corrected chi connectivity index (χ0v) is 22.7. The molecule has 204 valence electrons. The van der Waals surface area contributed by atoms with Crippen LogP contribution in [0, 0.1) is 0 Å². The minimum Gasteiger partial charge on any atom is -0.394 e. The lowest BCUT2D eigenvalue weighted by Gasteiger charge is -2.40. The van der Waals surface area contributed by atoms with Crippen molar-refractivity contribution in [3.05, 3.63) is 0 Å². The topological polar surface area (TPSA) is 90.2 Å². The van der Waals surface area contributed by atoms with Gasteiger partial charge in [0.25, 0.3) is 0 Å². The Bertz CT molecular complexity index is 474. The molecule has 0 aromatic carbocycles. The van der Waals surface area contributed by atoms with Crippen molar-refractivity contribution in [2.75, 3.05) is 33.8 Å². The van der Waals surface area contributed by atoms with Crippen molar-refractivity contribution < 1.29 is 29.6 Å². The van der Waals surface area contributed by atoms with Gasteiger partial charge >= 0.3 is 0 Å². The van der Waals surface area contributed by atoms with Crippen molar-refractivity contribution in [1.82, 2.24) is 0 Å². The van der Waals surface area contributed by atoms with E-state index < -0.39 is 30.5 Å². The first-order valence-electron chi connectivity index (χ1n) is 14.4. The molecule has 0 bridgehead atoms. The Morgan fingerprint density at radius 1 is 0.559 bits per heavy atom. The maximum absolute atomic E-state index is 10.2. The number of hydrogen-bond acceptors (Lipinski definition) is 5. The zero-order chi connectivity index (χ0) is 25.2. The van der Waals surface area contributed by atoms with Crippen molar-refractivity contribution in [3.8, 4) is 0 Å². The quantitative estimate of drug-likeness (QED) is 0.140. The van der Waals surface area contributed by atoms with Crippen LogP contribution in [0.3, 0.4) is 0 Å². The Labute approximate surface area is 210 Å². The molecule has 1 heterocycles. The molecule has 0 amide bonds. The fraction of sp³-hybridized carbons (Fsp3) is 1.00. The van der Waals surface area contributed by atoms with Crippen LogP contribution in [-0.4, -0.2) is 89.2 Å². The van der Waals surface area contributed by atoms with Gasteiger partial charge in [-0.15, -0.1) is 0 Å². The monoisotopic (exact) mass is 488 g/mol. The second-order valence-corrected chi connectivity index (χ2v) is 11.3. The van der Waals surface area contributed by atoms with Crippen LogP contribution in [0.25, 0.3) is 0 Å². The molecule has 1 aliphatic rings. The van der Waals surface area contributed by atoms with Gasteiger partial charge in [-0.2, -0.15) is 0 Å². The van der Waals surface area contributed by atoms with Crippen molar-refractivity contribution >= 4 is 0 Å². The van der Waals surface area contributed by atoms with Gasteiger partial charge in [-0.25, -0.2) is 0 Å². The Hall–Kier alpha value is -0.240. The predicted molar refractivity (Wildman–Crippen MR) is 140 cm³/mol. The number of rotatable bonds is 21. The average molecular weight is 489 g/mol. The number of nitrogens with zero attached hydrogens (tertiary/aromatic N) is 1. The number of ether oxygens (including phenoxy) is 1. The minimum absolute atomic E-state index is 0.357. The van der Waals surface area contributed by atoms with E-state index in [-0.39, 0.29) is 6.61 Å². The summed E-state index contributed by atoms with van der Waals surface area (Å²) in [6, 6.07) is 0. The predicted octanol–water partition coefficient (Wildman–Crippen LogP) is 4.56. The SMILES string of the molecule is CCCCCCCCCCCCCCCC[N+](C)(C)CCCC[C@@H]1O[C@H](CO)[C@@H](O)[C@H](O)[C@H]1O. The molecular weight excluding hydrogens is 430 g/mol. The number of unbranched alkanes of at least 4 members (excludes halogenated alkanes) is 14. The molecule has 6 heteroatoms. The van der Waals surface area contributed by atoms with Gasteiger partial charge in [0.2, 0.25) is 0 Å². The van der Waals surface area contributed by atoms with E-state index in [2.05, 4.69) is 21.0 Å². The molecule has 0 radical (unpaired) electrons. The molecule has 34 heavy (non-hydrogen) atoms. The van der Waals surface area contributed by atoms with E-state index in [1.54, 1.807) is 0 Å². The third-order valence-electron chi connectivity index (χ3n) is 7.61. The Morgan fingerprint density at radius 2 is 0.971 bits per heavy atom. The largest absolute Gasteiger partial charge is 0.394 e. The van der Waals surface area contributed by atoms with Crippen LogP contribution in [0.15, 0.2) is 0 Å². The van der Waals surface area contributed by atoms with Gasteiger partial charge < -0.3 is 29.6 Å². The van der Waals surface area contributed by atoms with E-state index in [4.69, 9.17) is 4.74 Å². The first-order valence-corrected chi connectivity index (χ1v) is 14.4. The summed E-state index contributed by atoms with van der Waals surface area (Å²) in [7, 11) is 4.58. The van der Waals surface area contributed by atoms with Gasteiger partial charge in [-0.1, -0.05) is 84.0 Å². The minimum atomic E-state index is -1.26. The number of quaternary nitrogens is 1. The van der Waals surface area contributed by atoms with E-state index in [0.717, 1.165) is 23.9 Å². The zero-order valence-electron chi connectivity index (χ0n) is 22.7. The van der Waals surface area contributed by atoms with Crippen LogP contribution in [0.5, 0.6) is 0 Å². The lowest BCUT2D eigenvalue weighted by molar-refractivity contribution is -0.890. The summed E-state index contributed by atoms with van der Waals surface area (Å²) < 4.78 is 6.61. The van der Waals surface area contributed by atoms with Crippen LogP contribution in [-0.2, 0) is 4.74 Å². The van der Waals surface area contributed by atoms with Crippen LogP contribution in [0.1, 0.15) is 116 Å². The molecule has 4 N–H and O–H groups in total. The summed E-state index contributed by atoms with van der Waals surface area (Å²) in [6.45, 7) is 4.19. The fourth-order valence-corrected chi connectivity index (χ4v) is 5.15. The van der Waals surface area contributed by atoms with E-state index in [0.29, 0.717) is 6.42 Å². The molecule has 0 spiro atoms. The van der Waals surface area contributed by atoms with Crippen molar-refractivity contribution in [2.45, 2.75) is 147 Å². The van der Waals surface area contributed by atoms with E-state index in [9.17, 15) is 20.4 Å². The van der Waals surface area contributed by atoms with Crippen molar-refractivity contribution in [1.29, 1.82) is 0 Å². The molecule has 0 aromatic rings. The summed E-state index contributed by atoms with van der Waals surface area (Å²) in [4.78, 5) is 0. The maximum atomic E-state index is 10.2. The lowest BCUT2D eigenvalue weighted by Crippen LogP contribution is -2.58. The molecule has 0 unspecified atom stereocenters. The molecular formula is C28H58NO5+. The Kier molecular flexibility index (Phi) is 17.7. The summed E-state index contributed by atoms with van der Waals surface area (Å²) in [5.41, 5.74) is 0. The van der Waals surface area contributed by atoms with Gasteiger partial charge in [0.15, 0.2) is 0 Å². The first-order chi connectivity index (χ1) is 16.3. The lowest BCUT2D eigenvalue weighted by atomic mass is 9.92. The fourth-order valence-electron chi connectivity index (χ4n) is 5.15. The van der Waals surface area contributed by atoms with Crippen LogP contribution in [0.4, 0.5) is 0 Å². The second kappa shape index (κ2) is 18.9. The van der Waals surface area contributed by atoms with Crippen molar-refractivity contribution in [2.24, 2.45) is 0 Å². The molecule has 1 fully saturated rings. The third-order valence-corrected chi connectivity index (χ3v) is 7.61. The standard InChI is InChI=1S/C28H58NO5/c1-4-5-6-7-8-9-10-11-12-13-14-15-16-18-21-29(2,3)22-19-17-20-24-26(31)28(33)27(32)25(23-30)34-24/h24-28,30-33H,4-23H2,1-3H3/q+1/t24-,25+,26-,27+,28+/m0/s1. The maximum Gasteiger partial charge on any atom is 0.111 e. The highest BCUT2D eigenvalue weighted by Gasteiger charge is 2.42. The normalized spacial score (nSPS) is 25.7. The third kappa shape index (κ3) is 13.7. The highest BCUT2D eigenvalue weighted by atomic mass is 16.5. The van der Waals surface area contributed by atoms with E-state index >= 15 is 0 Å². The Morgan fingerprint density at radius 3 is 1.44 bits per heavy atom. The smallest absolute Gasteiger partial charge is 0.111 e. The summed E-state index contributed by atoms with van der Waals surface area (Å²) >= 11 is 0. The van der Waals surface area contributed by atoms with Gasteiger partial charge in [0, 0.05) is 0 Å². The van der Waals surface area contributed by atoms with Gasteiger partial charge in [-0.3, -0.25) is 0 Å². The molecule has 1 saturated heterocycles. The highest BCUT2D eigenvalue weighted by molar-refractivity contribution is 4.91. The number of aliphatic hydroxyl groups excluding tert-OH is 4. The van der Waals surface area contributed by atoms with Gasteiger partial charge in [0.1, 0.15) is 24.4 Å². The molecule has 5 atom stereocenters. The number of hydrogen-bond donors (Lipinski definition) is 4. The molecule has 0 aliphatic carbocycles. The number of aliphatic hydroxyl groups is 4.